The van der Waals surface area contributed by atoms with Crippen molar-refractivity contribution in [2.24, 2.45) is 0 Å². The van der Waals surface area contributed by atoms with Crippen LogP contribution in [-0.4, -0.2) is 34.4 Å². The van der Waals surface area contributed by atoms with Crippen molar-refractivity contribution in [2.75, 3.05) is 11.9 Å². The number of nitrogens with one attached hydrogen (secondary N) is 2. The molecule has 0 bridgehead atoms. The quantitative estimate of drug-likeness (QED) is 0.212. The minimum Gasteiger partial charge on any atom is -0.394 e. The lowest BCUT2D eigenvalue weighted by Gasteiger charge is -2.28. The van der Waals surface area contributed by atoms with E-state index in [1.165, 1.54) is 13.8 Å². The van der Waals surface area contributed by atoms with Crippen LogP contribution < -0.4 is 10.8 Å². The Kier molecular flexibility index (Phi) is 8.22. The second-order valence-corrected chi connectivity index (χ2v) is 9.00. The van der Waals surface area contributed by atoms with E-state index in [0.29, 0.717) is 0 Å². The van der Waals surface area contributed by atoms with E-state index in [0.717, 1.165) is 9.64 Å². The highest BCUT2D eigenvalue weighted by molar-refractivity contribution is 14.1. The van der Waals surface area contributed by atoms with Gasteiger partial charge in [-0.1, -0.05) is 11.6 Å². The first-order valence-electron chi connectivity index (χ1n) is 8.14. The number of carbonyl (C=O) groups is 1. The molecule has 0 saturated heterocycles. The van der Waals surface area contributed by atoms with Crippen molar-refractivity contribution in [3.8, 4) is 0 Å². The Labute approximate surface area is 192 Å². The number of carbonyl (C=O) groups excluding carboxylic acids is 1. The maximum Gasteiger partial charge on any atom is 0.277 e. The van der Waals surface area contributed by atoms with Crippen molar-refractivity contribution < 1.29 is 28.6 Å². The summed E-state index contributed by atoms with van der Waals surface area (Å²) in [6, 6.07) is 5.95. The summed E-state index contributed by atoms with van der Waals surface area (Å²) >= 11 is 11.0. The van der Waals surface area contributed by atoms with Gasteiger partial charge in [0.1, 0.15) is 11.7 Å². The first kappa shape index (κ1) is 24.2. The summed E-state index contributed by atoms with van der Waals surface area (Å²) in [5, 5.41) is 21.7. The lowest BCUT2D eigenvalue weighted by Crippen LogP contribution is -2.46. The molecule has 6 nitrogen and oxygen atoms in total. The van der Waals surface area contributed by atoms with Gasteiger partial charge in [-0.2, -0.15) is 0 Å². The topological polar surface area (TPSA) is 90.8 Å². The number of aliphatic hydroxyl groups excluding tert-OH is 2. The molecule has 0 aromatic heterocycles. The molecule has 2 aromatic rings. The highest BCUT2D eigenvalue weighted by atomic mass is 127. The zero-order valence-corrected chi connectivity index (χ0v) is 19.7. The van der Waals surface area contributed by atoms with Crippen molar-refractivity contribution in [2.45, 2.75) is 25.6 Å². The molecule has 29 heavy (non-hydrogen) atoms. The maximum atomic E-state index is 14.6. The van der Waals surface area contributed by atoms with E-state index in [2.05, 4.69) is 26.7 Å². The molecule has 0 aliphatic rings. The second-order valence-electron chi connectivity index (χ2n) is 6.49. The minimum absolute atomic E-state index is 0.245. The van der Waals surface area contributed by atoms with E-state index in [1.54, 1.807) is 18.2 Å². The van der Waals surface area contributed by atoms with E-state index in [-0.39, 0.29) is 20.7 Å². The Morgan fingerprint density at radius 3 is 2.59 bits per heavy atom. The molecule has 1 atom stereocenters. The summed E-state index contributed by atoms with van der Waals surface area (Å²) < 4.78 is 29.3. The number of benzene rings is 2. The first-order valence-corrected chi connectivity index (χ1v) is 10.4. The van der Waals surface area contributed by atoms with E-state index in [4.69, 9.17) is 21.5 Å². The molecule has 0 saturated carbocycles. The van der Waals surface area contributed by atoms with Crippen LogP contribution in [0.1, 0.15) is 24.2 Å². The third kappa shape index (κ3) is 5.76. The number of anilines is 2. The lowest BCUT2D eigenvalue weighted by molar-refractivity contribution is -0.144. The van der Waals surface area contributed by atoms with Crippen LogP contribution in [0.2, 0.25) is 5.02 Å². The molecular weight excluding hydrogens is 588 g/mol. The fourth-order valence-electron chi connectivity index (χ4n) is 2.14. The van der Waals surface area contributed by atoms with Gasteiger partial charge in [0.05, 0.1) is 33.0 Å². The molecule has 0 heterocycles. The second kappa shape index (κ2) is 9.84. The van der Waals surface area contributed by atoms with Crippen LogP contribution in [0, 0.1) is 15.2 Å². The Bertz CT molecular complexity index is 933. The summed E-state index contributed by atoms with van der Waals surface area (Å²) in [6.45, 7) is 2.26. The van der Waals surface area contributed by atoms with Gasteiger partial charge in [0.2, 0.25) is 0 Å². The van der Waals surface area contributed by atoms with Crippen LogP contribution in [0.4, 0.5) is 20.2 Å². The molecule has 1 unspecified atom stereocenters. The maximum absolute atomic E-state index is 14.6. The number of aliphatic hydroxyl groups is 2. The molecule has 0 fully saturated rings. The van der Waals surface area contributed by atoms with Gasteiger partial charge in [0.25, 0.3) is 5.91 Å². The van der Waals surface area contributed by atoms with Crippen molar-refractivity contribution in [3.63, 3.8) is 0 Å². The van der Waals surface area contributed by atoms with Gasteiger partial charge in [0.15, 0.2) is 11.6 Å². The molecule has 0 aliphatic heterocycles. The van der Waals surface area contributed by atoms with Gasteiger partial charge in [-0.15, -0.1) is 0 Å². The monoisotopic (exact) mass is 604 g/mol. The van der Waals surface area contributed by atoms with Crippen LogP contribution in [-0.2, 0) is 4.84 Å². The van der Waals surface area contributed by atoms with Gasteiger partial charge in [-0.3, -0.25) is 9.63 Å². The van der Waals surface area contributed by atoms with Gasteiger partial charge in [-0.05, 0) is 76.6 Å². The molecule has 2 rings (SSSR count). The van der Waals surface area contributed by atoms with E-state index in [9.17, 15) is 18.7 Å². The van der Waals surface area contributed by atoms with Gasteiger partial charge in [-0.25, -0.2) is 14.3 Å². The van der Waals surface area contributed by atoms with E-state index < -0.39 is 41.5 Å². The molecule has 11 heteroatoms. The summed E-state index contributed by atoms with van der Waals surface area (Å²) in [5.41, 5.74) is 0.280. The fourth-order valence-corrected chi connectivity index (χ4v) is 3.45. The molecule has 158 valence electrons. The predicted molar refractivity (Wildman–Crippen MR) is 117 cm³/mol. The number of hydrogen-bond donors (Lipinski definition) is 4. The van der Waals surface area contributed by atoms with Gasteiger partial charge in [0, 0.05) is 3.57 Å². The van der Waals surface area contributed by atoms with Gasteiger partial charge >= 0.3 is 0 Å². The van der Waals surface area contributed by atoms with Crippen LogP contribution >= 0.6 is 50.1 Å². The zero-order chi connectivity index (χ0) is 21.9. The Morgan fingerprint density at radius 2 is 2.00 bits per heavy atom. The normalized spacial score (nSPS) is 12.6. The average Bonchev–Trinajstić information content (AvgIpc) is 2.67. The molecule has 2 aromatic carbocycles. The van der Waals surface area contributed by atoms with Crippen LogP contribution in [0.3, 0.4) is 0 Å². The van der Waals surface area contributed by atoms with Crippen LogP contribution in [0.5, 0.6) is 0 Å². The number of amides is 1. The fraction of sp³-hybridized carbons (Fsp3) is 0.278. The summed E-state index contributed by atoms with van der Waals surface area (Å²) in [4.78, 5) is 17.8. The third-order valence-electron chi connectivity index (χ3n) is 3.98. The highest BCUT2D eigenvalue weighted by Gasteiger charge is 2.31. The van der Waals surface area contributed by atoms with E-state index in [1.807, 2.05) is 22.6 Å². The molecule has 0 spiro atoms. The van der Waals surface area contributed by atoms with Gasteiger partial charge < -0.3 is 15.5 Å². The molecule has 1 amide bonds. The minimum atomic E-state index is -1.34. The van der Waals surface area contributed by atoms with Crippen molar-refractivity contribution in [1.29, 1.82) is 0 Å². The number of rotatable bonds is 7. The number of hydroxylamine groups is 1. The smallest absolute Gasteiger partial charge is 0.277 e. The van der Waals surface area contributed by atoms with E-state index >= 15 is 0 Å². The summed E-state index contributed by atoms with van der Waals surface area (Å²) in [7, 11) is 0. The SMILES string of the molecule is CC(C)(ONC(=O)c1cc(Br)c(F)c(F)c1Nc1ccc(I)cc1Cl)C(O)CO. The van der Waals surface area contributed by atoms with Crippen molar-refractivity contribution in [1.82, 2.24) is 5.48 Å². The Hall–Kier alpha value is -1.05. The molecule has 0 aliphatic carbocycles. The number of hydrogen-bond acceptors (Lipinski definition) is 5. The third-order valence-corrected chi connectivity index (χ3v) is 5.54. The zero-order valence-electron chi connectivity index (χ0n) is 15.2. The van der Waals surface area contributed by atoms with Crippen molar-refractivity contribution in [3.05, 3.63) is 54.5 Å². The molecule has 4 N–H and O–H groups in total. The highest BCUT2D eigenvalue weighted by Crippen LogP contribution is 2.34. The largest absolute Gasteiger partial charge is 0.394 e. The summed E-state index contributed by atoms with van der Waals surface area (Å²) in [5.74, 6) is -3.40. The van der Waals surface area contributed by atoms with Crippen molar-refractivity contribution >= 4 is 67.4 Å². The standard InChI is InChI=1S/C18H17BrClF2IN2O4/c1-18(2,13(27)7-26)29-25-17(28)9-6-10(19)14(21)15(22)16(9)24-12-4-3-8(23)5-11(12)20/h3-6,13,24,26-27H,7H2,1-2H3,(H,25,28). The Balaban J connectivity index is 2.39. The summed E-state index contributed by atoms with van der Waals surface area (Å²) in [6.07, 6.45) is -1.29. The average molecular weight is 606 g/mol. The van der Waals surface area contributed by atoms with Crippen LogP contribution in [0.15, 0.2) is 28.7 Å². The lowest BCUT2D eigenvalue weighted by atomic mass is 10.0. The predicted octanol–water partition coefficient (Wildman–Crippen LogP) is 4.52. The first-order chi connectivity index (χ1) is 13.5. The van der Waals surface area contributed by atoms with Crippen LogP contribution in [0.25, 0.3) is 0 Å². The number of halogens is 5. The molecular formula is C18H17BrClF2IN2O4. The Morgan fingerprint density at radius 1 is 1.34 bits per heavy atom. The molecule has 0 radical (unpaired) electrons.